The molecule has 0 aliphatic carbocycles. The number of carbonyl (C=O) groups is 1. The second-order valence-corrected chi connectivity index (χ2v) is 6.15. The van der Waals surface area contributed by atoms with E-state index < -0.39 is 0 Å². The molecule has 1 aliphatic rings. The first-order valence-electron chi connectivity index (χ1n) is 8.33. The first kappa shape index (κ1) is 22.2. The van der Waals surface area contributed by atoms with Crippen molar-refractivity contribution < 1.29 is 9.53 Å². The van der Waals surface area contributed by atoms with Crippen molar-refractivity contribution in [1.29, 1.82) is 0 Å². The summed E-state index contributed by atoms with van der Waals surface area (Å²) in [7, 11) is 0. The van der Waals surface area contributed by atoms with E-state index in [4.69, 9.17) is 10.5 Å². The zero-order valence-corrected chi connectivity index (χ0v) is 16.4. The second kappa shape index (κ2) is 10.4. The Morgan fingerprint density at radius 3 is 2.81 bits per heavy atom. The number of ether oxygens (including phenoxy) is 1. The molecule has 2 aromatic rings. The van der Waals surface area contributed by atoms with Gasteiger partial charge in [0.25, 0.3) is 5.91 Å². The Morgan fingerprint density at radius 2 is 2.12 bits per heavy atom. The lowest BCUT2D eigenvalue weighted by Gasteiger charge is -2.23. The number of aromatic nitrogens is 1. The molecule has 3 rings (SSSR count). The van der Waals surface area contributed by atoms with Crippen molar-refractivity contribution in [3.05, 3.63) is 59.4 Å². The van der Waals surface area contributed by atoms with Gasteiger partial charge in [-0.1, -0.05) is 12.1 Å². The summed E-state index contributed by atoms with van der Waals surface area (Å²) in [5, 5.41) is 0. The van der Waals surface area contributed by atoms with Crippen LogP contribution in [0.15, 0.2) is 42.6 Å². The third-order valence-electron chi connectivity index (χ3n) is 4.37. The second-order valence-electron chi connectivity index (χ2n) is 6.15. The Morgan fingerprint density at radius 1 is 1.31 bits per heavy atom. The zero-order chi connectivity index (χ0) is 16.9. The van der Waals surface area contributed by atoms with E-state index in [1.54, 1.807) is 6.20 Å². The van der Waals surface area contributed by atoms with Crippen LogP contribution in [0.25, 0.3) is 0 Å². The van der Waals surface area contributed by atoms with E-state index in [1.807, 2.05) is 48.2 Å². The number of rotatable bonds is 5. The standard InChI is InChI=1S/C19H23N3O2.2ClH/c1-14-7-8-18(12-21-14)24-13-15-4-2-5-16(10-15)19(23)22-9-3-6-17(22)11-20;;/h2,4-5,7-8,10,12,17H,3,6,9,11,13,20H2,1H3;2*1H. The molecular formula is C19H25Cl2N3O2. The lowest BCUT2D eigenvalue weighted by atomic mass is 10.1. The van der Waals surface area contributed by atoms with Gasteiger partial charge in [-0.05, 0) is 49.6 Å². The molecule has 1 fully saturated rings. The fourth-order valence-corrected chi connectivity index (χ4v) is 3.01. The van der Waals surface area contributed by atoms with E-state index in [2.05, 4.69) is 4.98 Å². The van der Waals surface area contributed by atoms with E-state index in [1.165, 1.54) is 0 Å². The van der Waals surface area contributed by atoms with E-state index in [-0.39, 0.29) is 36.8 Å². The molecule has 1 amide bonds. The molecule has 26 heavy (non-hydrogen) atoms. The van der Waals surface area contributed by atoms with Crippen LogP contribution in [-0.4, -0.2) is 34.9 Å². The number of halogens is 2. The highest BCUT2D eigenvalue weighted by Gasteiger charge is 2.28. The number of hydrogen-bond acceptors (Lipinski definition) is 4. The number of nitrogens with two attached hydrogens (primary N) is 1. The third kappa shape index (κ3) is 5.34. The van der Waals surface area contributed by atoms with Gasteiger partial charge >= 0.3 is 0 Å². The average Bonchev–Trinajstić information content (AvgIpc) is 3.09. The van der Waals surface area contributed by atoms with Crippen LogP contribution in [0.4, 0.5) is 0 Å². The van der Waals surface area contributed by atoms with Crippen molar-refractivity contribution in [2.45, 2.75) is 32.4 Å². The van der Waals surface area contributed by atoms with Crippen molar-refractivity contribution in [3.8, 4) is 5.75 Å². The molecule has 0 bridgehead atoms. The van der Waals surface area contributed by atoms with E-state index in [0.717, 1.165) is 36.4 Å². The van der Waals surface area contributed by atoms with Gasteiger partial charge in [-0.2, -0.15) is 0 Å². The smallest absolute Gasteiger partial charge is 0.254 e. The summed E-state index contributed by atoms with van der Waals surface area (Å²) < 4.78 is 5.74. The van der Waals surface area contributed by atoms with Crippen LogP contribution in [0, 0.1) is 6.92 Å². The summed E-state index contributed by atoms with van der Waals surface area (Å²) in [6, 6.07) is 11.6. The summed E-state index contributed by atoms with van der Waals surface area (Å²) in [6.07, 6.45) is 3.72. The maximum Gasteiger partial charge on any atom is 0.254 e. The summed E-state index contributed by atoms with van der Waals surface area (Å²) >= 11 is 0. The number of hydrogen-bond donors (Lipinski definition) is 1. The summed E-state index contributed by atoms with van der Waals surface area (Å²) in [5.74, 6) is 0.780. The van der Waals surface area contributed by atoms with Crippen LogP contribution in [0.2, 0.25) is 0 Å². The van der Waals surface area contributed by atoms with Crippen LogP contribution < -0.4 is 10.5 Å². The van der Waals surface area contributed by atoms with Crippen molar-refractivity contribution in [2.75, 3.05) is 13.1 Å². The van der Waals surface area contributed by atoms with Gasteiger partial charge in [0.2, 0.25) is 0 Å². The Labute approximate surface area is 166 Å². The van der Waals surface area contributed by atoms with Crippen LogP contribution >= 0.6 is 24.8 Å². The van der Waals surface area contributed by atoms with Gasteiger partial charge in [0.05, 0.1) is 6.20 Å². The number of aryl methyl sites for hydroxylation is 1. The molecule has 1 aliphatic heterocycles. The van der Waals surface area contributed by atoms with Gasteiger partial charge < -0.3 is 15.4 Å². The molecule has 1 aromatic heterocycles. The first-order valence-corrected chi connectivity index (χ1v) is 8.33. The Bertz CT molecular complexity index is 710. The highest BCUT2D eigenvalue weighted by atomic mass is 35.5. The predicted molar refractivity (Wildman–Crippen MR) is 107 cm³/mol. The third-order valence-corrected chi connectivity index (χ3v) is 4.37. The number of nitrogens with zero attached hydrogens (tertiary/aromatic N) is 2. The summed E-state index contributed by atoms with van der Waals surface area (Å²) in [6.45, 7) is 3.66. The lowest BCUT2D eigenvalue weighted by Crippen LogP contribution is -2.39. The molecule has 0 saturated carbocycles. The fourth-order valence-electron chi connectivity index (χ4n) is 3.01. The summed E-state index contributed by atoms with van der Waals surface area (Å²) in [4.78, 5) is 18.8. The van der Waals surface area contributed by atoms with E-state index in [0.29, 0.717) is 18.7 Å². The molecule has 142 valence electrons. The number of benzene rings is 1. The largest absolute Gasteiger partial charge is 0.487 e. The topological polar surface area (TPSA) is 68.5 Å². The van der Waals surface area contributed by atoms with Crippen LogP contribution in [0.3, 0.4) is 0 Å². The molecule has 2 heterocycles. The zero-order valence-electron chi connectivity index (χ0n) is 14.8. The van der Waals surface area contributed by atoms with Gasteiger partial charge in [0.15, 0.2) is 0 Å². The molecule has 0 radical (unpaired) electrons. The number of carbonyl (C=O) groups excluding carboxylic acids is 1. The molecule has 0 spiro atoms. The molecule has 1 atom stereocenters. The predicted octanol–water partition coefficient (Wildman–Crippen LogP) is 3.38. The summed E-state index contributed by atoms with van der Waals surface area (Å²) in [5.41, 5.74) is 8.38. The molecule has 1 aromatic carbocycles. The lowest BCUT2D eigenvalue weighted by molar-refractivity contribution is 0.0741. The van der Waals surface area contributed by atoms with Crippen LogP contribution in [0.1, 0.15) is 34.5 Å². The molecule has 7 heteroatoms. The molecule has 1 unspecified atom stereocenters. The maximum atomic E-state index is 12.7. The SMILES string of the molecule is Cc1ccc(OCc2cccc(C(=O)N3CCCC3CN)c2)cn1.Cl.Cl. The van der Waals surface area contributed by atoms with Gasteiger partial charge in [-0.3, -0.25) is 9.78 Å². The van der Waals surface area contributed by atoms with Crippen molar-refractivity contribution in [1.82, 2.24) is 9.88 Å². The minimum absolute atomic E-state index is 0. The van der Waals surface area contributed by atoms with Gasteiger partial charge in [-0.15, -0.1) is 24.8 Å². The van der Waals surface area contributed by atoms with Gasteiger partial charge in [-0.25, -0.2) is 0 Å². The van der Waals surface area contributed by atoms with Crippen molar-refractivity contribution in [2.24, 2.45) is 5.73 Å². The highest BCUT2D eigenvalue weighted by molar-refractivity contribution is 5.94. The highest BCUT2D eigenvalue weighted by Crippen LogP contribution is 2.20. The number of likely N-dealkylation sites (tertiary alicyclic amines) is 1. The molecule has 1 saturated heterocycles. The minimum Gasteiger partial charge on any atom is -0.487 e. The fraction of sp³-hybridized carbons (Fsp3) is 0.368. The number of pyridine rings is 1. The maximum absolute atomic E-state index is 12.7. The van der Waals surface area contributed by atoms with E-state index in [9.17, 15) is 4.79 Å². The Kier molecular flexibility index (Phi) is 8.85. The Hall–Kier alpha value is -1.82. The van der Waals surface area contributed by atoms with Gasteiger partial charge in [0.1, 0.15) is 12.4 Å². The van der Waals surface area contributed by atoms with Crippen LogP contribution in [-0.2, 0) is 6.61 Å². The molecule has 2 N–H and O–H groups in total. The molecule has 5 nitrogen and oxygen atoms in total. The van der Waals surface area contributed by atoms with Crippen molar-refractivity contribution >= 4 is 30.7 Å². The molecular weight excluding hydrogens is 373 g/mol. The normalized spacial score (nSPS) is 15.8. The number of amides is 1. The van der Waals surface area contributed by atoms with Crippen LogP contribution in [0.5, 0.6) is 5.75 Å². The average molecular weight is 398 g/mol. The van der Waals surface area contributed by atoms with Crippen molar-refractivity contribution in [3.63, 3.8) is 0 Å². The van der Waals surface area contributed by atoms with Gasteiger partial charge in [0, 0.05) is 30.4 Å². The minimum atomic E-state index is 0. The monoisotopic (exact) mass is 397 g/mol. The van der Waals surface area contributed by atoms with E-state index >= 15 is 0 Å². The Balaban J connectivity index is 0.00000169. The first-order chi connectivity index (χ1) is 11.7. The quantitative estimate of drug-likeness (QED) is 0.839.